The number of ether oxygens (including phenoxy) is 2. The van der Waals surface area contributed by atoms with Crippen molar-refractivity contribution in [2.24, 2.45) is 5.92 Å². The molecule has 0 aromatic heterocycles. The summed E-state index contributed by atoms with van der Waals surface area (Å²) in [7, 11) is 5.31. The topological polar surface area (TPSA) is 52.0 Å². The zero-order valence-corrected chi connectivity index (χ0v) is 15.4. The van der Waals surface area contributed by atoms with Crippen LogP contribution in [0.2, 0.25) is 0 Å². The van der Waals surface area contributed by atoms with Crippen LogP contribution < -0.4 is 19.7 Å². The molecule has 24 heavy (non-hydrogen) atoms. The molecule has 0 bridgehead atoms. The molecule has 5 nitrogen and oxygen atoms in total. The van der Waals surface area contributed by atoms with Gasteiger partial charge < -0.3 is 19.7 Å². The fourth-order valence-electron chi connectivity index (χ4n) is 3.54. The normalized spacial score (nSPS) is 21.8. The number of carbonyl (C=O) groups excluding carboxylic acids is 1. The van der Waals surface area contributed by atoms with Crippen LogP contribution in [0.1, 0.15) is 38.2 Å². The molecule has 0 radical (unpaired) electrons. The van der Waals surface area contributed by atoms with E-state index in [2.05, 4.69) is 12.2 Å². The van der Waals surface area contributed by atoms with E-state index in [1.807, 2.05) is 25.2 Å². The van der Waals surface area contributed by atoms with Crippen molar-refractivity contribution in [1.29, 1.82) is 0 Å². The van der Waals surface area contributed by atoms with Crippen molar-refractivity contribution < 1.29 is 19.2 Å². The zero-order valence-electron chi connectivity index (χ0n) is 15.4. The molecule has 1 unspecified atom stereocenters. The summed E-state index contributed by atoms with van der Waals surface area (Å²) < 4.78 is 10.8. The Morgan fingerprint density at radius 2 is 2.00 bits per heavy atom. The first-order valence-corrected chi connectivity index (χ1v) is 8.85. The summed E-state index contributed by atoms with van der Waals surface area (Å²) in [5.41, 5.74) is 1.05. The maximum absolute atomic E-state index is 12.3. The monoisotopic (exact) mass is 335 g/mol. The SMILES string of the molecule is COc1cccc(C[NH+](C)CC(=O)N[C@H]2CCCC[C@H]2C)c1OC. The second-order valence-electron chi connectivity index (χ2n) is 6.90. The molecule has 134 valence electrons. The second-order valence-corrected chi connectivity index (χ2v) is 6.90. The van der Waals surface area contributed by atoms with Crippen LogP contribution in [0, 0.1) is 5.92 Å². The van der Waals surface area contributed by atoms with Gasteiger partial charge in [0.15, 0.2) is 18.0 Å². The molecule has 1 fully saturated rings. The van der Waals surface area contributed by atoms with E-state index in [9.17, 15) is 4.79 Å². The minimum Gasteiger partial charge on any atom is -0.493 e. The number of hydrogen-bond acceptors (Lipinski definition) is 3. The lowest BCUT2D eigenvalue weighted by Gasteiger charge is -2.29. The molecule has 2 N–H and O–H groups in total. The molecule has 0 saturated heterocycles. The van der Waals surface area contributed by atoms with Crippen LogP contribution in [0.15, 0.2) is 18.2 Å². The highest BCUT2D eigenvalue weighted by Gasteiger charge is 2.24. The van der Waals surface area contributed by atoms with Crippen LogP contribution in [0.3, 0.4) is 0 Å². The third-order valence-electron chi connectivity index (χ3n) is 4.90. The van der Waals surface area contributed by atoms with Gasteiger partial charge in [-0.3, -0.25) is 4.79 Å². The van der Waals surface area contributed by atoms with Crippen LogP contribution in [-0.4, -0.2) is 39.8 Å². The number of para-hydroxylation sites is 1. The average molecular weight is 335 g/mol. The Balaban J connectivity index is 1.91. The lowest BCUT2D eigenvalue weighted by Crippen LogP contribution is -3.09. The van der Waals surface area contributed by atoms with Gasteiger partial charge in [-0.25, -0.2) is 0 Å². The molecule has 0 aliphatic heterocycles. The van der Waals surface area contributed by atoms with Gasteiger partial charge in [-0.2, -0.15) is 0 Å². The van der Waals surface area contributed by atoms with E-state index in [0.717, 1.165) is 28.4 Å². The predicted molar refractivity (Wildman–Crippen MR) is 94.6 cm³/mol. The van der Waals surface area contributed by atoms with Gasteiger partial charge >= 0.3 is 0 Å². The van der Waals surface area contributed by atoms with Crippen molar-refractivity contribution >= 4 is 5.91 Å². The highest BCUT2D eigenvalue weighted by molar-refractivity contribution is 5.77. The van der Waals surface area contributed by atoms with Gasteiger partial charge in [-0.15, -0.1) is 0 Å². The second kappa shape index (κ2) is 8.92. The number of methoxy groups -OCH3 is 2. The summed E-state index contributed by atoms with van der Waals surface area (Å²) in [4.78, 5) is 13.5. The van der Waals surface area contributed by atoms with Crippen molar-refractivity contribution in [3.63, 3.8) is 0 Å². The summed E-state index contributed by atoms with van der Waals surface area (Å²) in [6, 6.07) is 6.19. The number of quaternary nitrogens is 1. The highest BCUT2D eigenvalue weighted by Crippen LogP contribution is 2.30. The Bertz CT molecular complexity index is 547. The third-order valence-corrected chi connectivity index (χ3v) is 4.90. The van der Waals surface area contributed by atoms with Crippen molar-refractivity contribution in [3.8, 4) is 11.5 Å². The summed E-state index contributed by atoms with van der Waals surface area (Å²) in [5.74, 6) is 2.19. The summed E-state index contributed by atoms with van der Waals surface area (Å²) in [6.45, 7) is 3.42. The van der Waals surface area contributed by atoms with Crippen molar-refractivity contribution in [2.45, 2.75) is 45.2 Å². The summed E-state index contributed by atoms with van der Waals surface area (Å²) >= 11 is 0. The molecule has 2 rings (SSSR count). The van der Waals surface area contributed by atoms with Crippen molar-refractivity contribution in [3.05, 3.63) is 23.8 Å². The van der Waals surface area contributed by atoms with E-state index in [0.29, 0.717) is 25.0 Å². The fourth-order valence-corrected chi connectivity index (χ4v) is 3.54. The zero-order chi connectivity index (χ0) is 17.5. The number of nitrogens with one attached hydrogen (secondary N) is 2. The predicted octanol–water partition coefficient (Wildman–Crippen LogP) is 1.41. The quantitative estimate of drug-likeness (QED) is 0.792. The summed E-state index contributed by atoms with van der Waals surface area (Å²) in [5, 5.41) is 3.22. The Morgan fingerprint density at radius 1 is 1.25 bits per heavy atom. The minimum atomic E-state index is 0.133. The first kappa shape index (κ1) is 18.6. The lowest BCUT2D eigenvalue weighted by molar-refractivity contribution is -0.885. The Labute approximate surface area is 145 Å². The number of hydrogen-bond donors (Lipinski definition) is 2. The Hall–Kier alpha value is -1.75. The number of carbonyl (C=O) groups is 1. The Morgan fingerprint density at radius 3 is 2.67 bits per heavy atom. The van der Waals surface area contributed by atoms with Crippen LogP contribution >= 0.6 is 0 Å². The largest absolute Gasteiger partial charge is 0.493 e. The van der Waals surface area contributed by atoms with E-state index in [1.54, 1.807) is 14.2 Å². The molecule has 0 heterocycles. The minimum absolute atomic E-state index is 0.133. The van der Waals surface area contributed by atoms with Crippen LogP contribution in [-0.2, 0) is 11.3 Å². The van der Waals surface area contributed by atoms with Gasteiger partial charge in [0.05, 0.1) is 26.8 Å². The van der Waals surface area contributed by atoms with Crippen molar-refractivity contribution in [1.82, 2.24) is 5.32 Å². The molecule has 1 aromatic rings. The van der Waals surface area contributed by atoms with E-state index in [1.165, 1.54) is 19.3 Å². The van der Waals surface area contributed by atoms with Gasteiger partial charge in [-0.05, 0) is 30.9 Å². The number of amides is 1. The maximum Gasteiger partial charge on any atom is 0.275 e. The molecule has 0 spiro atoms. The van der Waals surface area contributed by atoms with E-state index < -0.39 is 0 Å². The first-order valence-electron chi connectivity index (χ1n) is 8.85. The molecule has 1 aromatic carbocycles. The summed E-state index contributed by atoms with van der Waals surface area (Å²) in [6.07, 6.45) is 4.83. The first-order chi connectivity index (χ1) is 11.5. The number of likely N-dealkylation sites (N-methyl/N-ethyl adjacent to an activating group) is 1. The fraction of sp³-hybridized carbons (Fsp3) is 0.632. The third kappa shape index (κ3) is 4.87. The van der Waals surface area contributed by atoms with Gasteiger partial charge in [0.2, 0.25) is 0 Å². The number of rotatable bonds is 7. The van der Waals surface area contributed by atoms with E-state index in [4.69, 9.17) is 9.47 Å². The molecule has 1 aliphatic rings. The molecule has 1 aliphatic carbocycles. The van der Waals surface area contributed by atoms with Crippen molar-refractivity contribution in [2.75, 3.05) is 27.8 Å². The highest BCUT2D eigenvalue weighted by atomic mass is 16.5. The van der Waals surface area contributed by atoms with E-state index >= 15 is 0 Å². The van der Waals surface area contributed by atoms with Crippen LogP contribution in [0.25, 0.3) is 0 Å². The number of benzene rings is 1. The lowest BCUT2D eigenvalue weighted by atomic mass is 9.86. The molecule has 3 atom stereocenters. The van der Waals surface area contributed by atoms with Gasteiger partial charge in [0, 0.05) is 6.04 Å². The molecular weight excluding hydrogens is 304 g/mol. The molecule has 1 amide bonds. The van der Waals surface area contributed by atoms with Gasteiger partial charge in [-0.1, -0.05) is 25.8 Å². The Kier molecular flexibility index (Phi) is 6.91. The smallest absolute Gasteiger partial charge is 0.275 e. The molecular formula is C19H31N2O3+. The van der Waals surface area contributed by atoms with Gasteiger partial charge in [0.25, 0.3) is 5.91 Å². The average Bonchev–Trinajstić information content (AvgIpc) is 2.56. The maximum atomic E-state index is 12.3. The van der Waals surface area contributed by atoms with E-state index in [-0.39, 0.29) is 5.91 Å². The molecule has 1 saturated carbocycles. The molecule has 5 heteroatoms. The van der Waals surface area contributed by atoms with Crippen LogP contribution in [0.4, 0.5) is 0 Å². The standard InChI is InChI=1S/C19H30N2O3/c1-14-8-5-6-10-16(14)20-18(22)13-21(2)12-15-9-7-11-17(23-3)19(15)24-4/h7,9,11,14,16H,5-6,8,10,12-13H2,1-4H3,(H,20,22)/p+1/t14-,16+/m1/s1. The van der Waals surface area contributed by atoms with Gasteiger partial charge in [0.1, 0.15) is 6.54 Å². The van der Waals surface area contributed by atoms with Crippen LogP contribution in [0.5, 0.6) is 11.5 Å².